The van der Waals surface area contributed by atoms with E-state index in [1.807, 2.05) is 11.7 Å². The summed E-state index contributed by atoms with van der Waals surface area (Å²) in [4.78, 5) is 0. The lowest BCUT2D eigenvalue weighted by atomic mass is 10.0. The Balaban J connectivity index is 2.53. The number of aromatic nitrogens is 2. The molecule has 0 saturated heterocycles. The molecule has 3 heteroatoms. The molecule has 15 heavy (non-hydrogen) atoms. The Morgan fingerprint density at radius 2 is 2.20 bits per heavy atom. The highest BCUT2D eigenvalue weighted by Crippen LogP contribution is 2.22. The fourth-order valence-corrected chi connectivity index (χ4v) is 1.99. The fourth-order valence-electron chi connectivity index (χ4n) is 1.99. The van der Waals surface area contributed by atoms with Crippen LogP contribution in [0.25, 0.3) is 10.9 Å². The standard InChI is InChI=1S/C12H17N3/c1-9-12-10(6-4-8-13)5-3-7-11(12)14-15(9)2/h3,5,7H,4,6,8,13H2,1-2H3. The lowest BCUT2D eigenvalue weighted by molar-refractivity contribution is 0.750. The van der Waals surface area contributed by atoms with Crippen LogP contribution in [0.5, 0.6) is 0 Å². The van der Waals surface area contributed by atoms with Crippen molar-refractivity contribution in [1.82, 2.24) is 9.78 Å². The summed E-state index contributed by atoms with van der Waals surface area (Å²) < 4.78 is 1.94. The molecule has 0 spiro atoms. The van der Waals surface area contributed by atoms with Gasteiger partial charge in [-0.3, -0.25) is 4.68 Å². The van der Waals surface area contributed by atoms with E-state index in [4.69, 9.17) is 5.73 Å². The average molecular weight is 203 g/mol. The summed E-state index contributed by atoms with van der Waals surface area (Å²) in [6.07, 6.45) is 2.08. The first kappa shape index (κ1) is 10.2. The van der Waals surface area contributed by atoms with Gasteiger partial charge in [0.05, 0.1) is 5.52 Å². The van der Waals surface area contributed by atoms with Gasteiger partial charge >= 0.3 is 0 Å². The number of benzene rings is 1. The third kappa shape index (κ3) is 1.75. The molecule has 2 N–H and O–H groups in total. The van der Waals surface area contributed by atoms with Gasteiger partial charge in [-0.2, -0.15) is 5.10 Å². The van der Waals surface area contributed by atoms with E-state index in [1.54, 1.807) is 0 Å². The van der Waals surface area contributed by atoms with E-state index in [0.29, 0.717) is 0 Å². The Bertz CT molecular complexity index is 471. The van der Waals surface area contributed by atoms with Gasteiger partial charge in [-0.1, -0.05) is 12.1 Å². The number of fused-ring (bicyclic) bond motifs is 1. The van der Waals surface area contributed by atoms with Crippen molar-refractivity contribution in [2.24, 2.45) is 12.8 Å². The summed E-state index contributed by atoms with van der Waals surface area (Å²) in [7, 11) is 1.99. The molecule has 0 amide bonds. The van der Waals surface area contributed by atoms with Crippen molar-refractivity contribution < 1.29 is 0 Å². The molecule has 1 aromatic carbocycles. The highest BCUT2D eigenvalue weighted by atomic mass is 15.3. The zero-order valence-electron chi connectivity index (χ0n) is 9.33. The molecule has 0 radical (unpaired) electrons. The van der Waals surface area contributed by atoms with Crippen LogP contribution in [0.2, 0.25) is 0 Å². The SMILES string of the molecule is Cc1c2c(CCCN)cccc2nn1C. The molecule has 2 aromatic rings. The molecular formula is C12H17N3. The maximum atomic E-state index is 5.54. The van der Waals surface area contributed by atoms with Crippen LogP contribution in [0.3, 0.4) is 0 Å². The van der Waals surface area contributed by atoms with Crippen LogP contribution in [0.4, 0.5) is 0 Å². The molecule has 1 aromatic heterocycles. The molecule has 0 unspecified atom stereocenters. The first-order valence-electron chi connectivity index (χ1n) is 5.35. The quantitative estimate of drug-likeness (QED) is 0.826. The second kappa shape index (κ2) is 4.03. The van der Waals surface area contributed by atoms with Gasteiger partial charge in [0, 0.05) is 18.1 Å². The van der Waals surface area contributed by atoms with E-state index < -0.39 is 0 Å². The van der Waals surface area contributed by atoms with Crippen LogP contribution in [-0.2, 0) is 13.5 Å². The van der Waals surface area contributed by atoms with Crippen molar-refractivity contribution in [3.8, 4) is 0 Å². The van der Waals surface area contributed by atoms with E-state index in [9.17, 15) is 0 Å². The molecule has 0 aliphatic carbocycles. The second-order valence-electron chi connectivity index (χ2n) is 3.91. The van der Waals surface area contributed by atoms with Crippen molar-refractivity contribution in [2.75, 3.05) is 6.54 Å². The molecule has 0 saturated carbocycles. The summed E-state index contributed by atoms with van der Waals surface area (Å²) in [5, 5.41) is 5.77. The number of aryl methyl sites for hydroxylation is 3. The molecule has 0 aliphatic heterocycles. The Morgan fingerprint density at radius 3 is 2.93 bits per heavy atom. The maximum Gasteiger partial charge on any atom is 0.0928 e. The van der Waals surface area contributed by atoms with Gasteiger partial charge in [0.2, 0.25) is 0 Å². The number of hydrogen-bond donors (Lipinski definition) is 1. The van der Waals surface area contributed by atoms with Crippen molar-refractivity contribution >= 4 is 10.9 Å². The highest BCUT2D eigenvalue weighted by molar-refractivity contribution is 5.84. The Kier molecular flexibility index (Phi) is 2.73. The van der Waals surface area contributed by atoms with E-state index in [2.05, 4.69) is 30.2 Å². The molecule has 1 heterocycles. The summed E-state index contributed by atoms with van der Waals surface area (Å²) in [6, 6.07) is 6.31. The second-order valence-corrected chi connectivity index (χ2v) is 3.91. The van der Waals surface area contributed by atoms with E-state index in [0.717, 1.165) is 24.9 Å². The number of nitrogens with two attached hydrogens (primary N) is 1. The van der Waals surface area contributed by atoms with Gasteiger partial charge in [0.1, 0.15) is 0 Å². The lowest BCUT2D eigenvalue weighted by Crippen LogP contribution is -2.00. The topological polar surface area (TPSA) is 43.8 Å². The van der Waals surface area contributed by atoms with Crippen LogP contribution in [0, 0.1) is 6.92 Å². The number of rotatable bonds is 3. The van der Waals surface area contributed by atoms with Gasteiger partial charge in [0.15, 0.2) is 0 Å². The summed E-state index contributed by atoms with van der Waals surface area (Å²) in [5.41, 5.74) is 9.23. The minimum absolute atomic E-state index is 0.746. The van der Waals surface area contributed by atoms with E-state index >= 15 is 0 Å². The monoisotopic (exact) mass is 203 g/mol. The summed E-state index contributed by atoms with van der Waals surface area (Å²) in [6.45, 7) is 2.86. The minimum Gasteiger partial charge on any atom is -0.330 e. The van der Waals surface area contributed by atoms with Gasteiger partial charge in [-0.25, -0.2) is 0 Å². The maximum absolute atomic E-state index is 5.54. The molecular weight excluding hydrogens is 186 g/mol. The van der Waals surface area contributed by atoms with Gasteiger partial charge in [0.25, 0.3) is 0 Å². The molecule has 80 valence electrons. The summed E-state index contributed by atoms with van der Waals surface area (Å²) >= 11 is 0. The molecule has 2 rings (SSSR count). The van der Waals surface area contributed by atoms with Gasteiger partial charge in [-0.15, -0.1) is 0 Å². The fraction of sp³-hybridized carbons (Fsp3) is 0.417. The molecule has 0 atom stereocenters. The Labute approximate surface area is 89.9 Å². The van der Waals surface area contributed by atoms with E-state index in [-0.39, 0.29) is 0 Å². The third-order valence-corrected chi connectivity index (χ3v) is 2.88. The normalized spacial score (nSPS) is 11.1. The van der Waals surface area contributed by atoms with Crippen LogP contribution < -0.4 is 5.73 Å². The van der Waals surface area contributed by atoms with Crippen molar-refractivity contribution in [2.45, 2.75) is 19.8 Å². The third-order valence-electron chi connectivity index (χ3n) is 2.88. The van der Waals surface area contributed by atoms with Crippen molar-refractivity contribution in [3.63, 3.8) is 0 Å². The molecule has 0 aliphatic rings. The lowest BCUT2D eigenvalue weighted by Gasteiger charge is -2.02. The predicted octanol–water partition coefficient (Wildman–Crippen LogP) is 1.77. The molecule has 0 bridgehead atoms. The Morgan fingerprint density at radius 1 is 1.40 bits per heavy atom. The summed E-state index contributed by atoms with van der Waals surface area (Å²) in [5.74, 6) is 0. The van der Waals surface area contributed by atoms with Crippen LogP contribution in [0.1, 0.15) is 17.7 Å². The van der Waals surface area contributed by atoms with E-state index in [1.165, 1.54) is 16.6 Å². The largest absolute Gasteiger partial charge is 0.330 e. The van der Waals surface area contributed by atoms with Crippen LogP contribution in [-0.4, -0.2) is 16.3 Å². The zero-order chi connectivity index (χ0) is 10.8. The first-order valence-corrected chi connectivity index (χ1v) is 5.35. The van der Waals surface area contributed by atoms with Crippen LogP contribution in [0.15, 0.2) is 18.2 Å². The van der Waals surface area contributed by atoms with Crippen molar-refractivity contribution in [1.29, 1.82) is 0 Å². The minimum atomic E-state index is 0.746. The Hall–Kier alpha value is -1.35. The smallest absolute Gasteiger partial charge is 0.0928 e. The van der Waals surface area contributed by atoms with Gasteiger partial charge < -0.3 is 5.73 Å². The molecule has 0 fully saturated rings. The van der Waals surface area contributed by atoms with Gasteiger partial charge in [-0.05, 0) is 37.9 Å². The average Bonchev–Trinajstić information content (AvgIpc) is 2.53. The zero-order valence-corrected chi connectivity index (χ0v) is 9.33. The number of hydrogen-bond acceptors (Lipinski definition) is 2. The predicted molar refractivity (Wildman–Crippen MR) is 62.8 cm³/mol. The van der Waals surface area contributed by atoms with Crippen molar-refractivity contribution in [3.05, 3.63) is 29.5 Å². The molecule has 3 nitrogen and oxygen atoms in total. The number of nitrogens with zero attached hydrogens (tertiary/aromatic N) is 2. The first-order chi connectivity index (χ1) is 7.24. The highest BCUT2D eigenvalue weighted by Gasteiger charge is 2.08. The van der Waals surface area contributed by atoms with Crippen LogP contribution >= 0.6 is 0 Å².